The predicted octanol–water partition coefficient (Wildman–Crippen LogP) is 4.31. The lowest BCUT2D eigenvalue weighted by Gasteiger charge is -2.26. The van der Waals surface area contributed by atoms with Crippen LogP contribution < -0.4 is 5.32 Å². The molecule has 1 heterocycles. The van der Waals surface area contributed by atoms with E-state index in [0.717, 1.165) is 29.3 Å². The molecule has 0 spiro atoms. The van der Waals surface area contributed by atoms with Crippen LogP contribution in [0.1, 0.15) is 38.4 Å². The van der Waals surface area contributed by atoms with Crippen molar-refractivity contribution in [3.8, 4) is 0 Å². The second-order valence-electron chi connectivity index (χ2n) is 6.86. The summed E-state index contributed by atoms with van der Waals surface area (Å²) in [6.07, 6.45) is 2.38. The highest BCUT2D eigenvalue weighted by atomic mass is 79.9. The van der Waals surface area contributed by atoms with Crippen LogP contribution >= 0.6 is 15.9 Å². The molecular weight excluding hydrogens is 344 g/mol. The number of halogens is 1. The molecule has 5 heteroatoms. The standard InChI is InChI=1S/C17H21BrN2O2/c1-17(2,3)22-16(21)19-11-5-7-15-13(9-11)12-8-10(18)4-6-14(12)20-15/h4,6,8,11,20H,5,7,9H2,1-3H3,(H,19,21)/t11-/m0/s1. The summed E-state index contributed by atoms with van der Waals surface area (Å²) in [6, 6.07) is 6.40. The second kappa shape index (κ2) is 5.61. The largest absolute Gasteiger partial charge is 0.444 e. The van der Waals surface area contributed by atoms with Crippen LogP contribution in [0.15, 0.2) is 22.7 Å². The number of fused-ring (bicyclic) bond motifs is 3. The number of aromatic nitrogens is 1. The highest BCUT2D eigenvalue weighted by Gasteiger charge is 2.25. The van der Waals surface area contributed by atoms with Gasteiger partial charge < -0.3 is 15.0 Å². The van der Waals surface area contributed by atoms with Gasteiger partial charge in [0.25, 0.3) is 0 Å². The fourth-order valence-corrected chi connectivity index (χ4v) is 3.35. The Morgan fingerprint density at radius 2 is 2.18 bits per heavy atom. The maximum Gasteiger partial charge on any atom is 0.407 e. The normalized spacial score (nSPS) is 18.1. The number of hydrogen-bond donors (Lipinski definition) is 2. The van der Waals surface area contributed by atoms with Crippen LogP contribution in [-0.4, -0.2) is 22.7 Å². The molecule has 0 aliphatic heterocycles. The third-order valence-electron chi connectivity index (χ3n) is 3.87. The summed E-state index contributed by atoms with van der Waals surface area (Å²) in [6.45, 7) is 5.63. The van der Waals surface area contributed by atoms with E-state index >= 15 is 0 Å². The van der Waals surface area contributed by atoms with Crippen molar-refractivity contribution in [3.05, 3.63) is 33.9 Å². The van der Waals surface area contributed by atoms with E-state index in [0.29, 0.717) is 0 Å². The van der Waals surface area contributed by atoms with Gasteiger partial charge in [-0.25, -0.2) is 4.79 Å². The summed E-state index contributed by atoms with van der Waals surface area (Å²) >= 11 is 3.53. The van der Waals surface area contributed by atoms with Gasteiger partial charge in [0.05, 0.1) is 0 Å². The van der Waals surface area contributed by atoms with Crippen molar-refractivity contribution < 1.29 is 9.53 Å². The Bertz CT molecular complexity index is 715. The highest BCUT2D eigenvalue weighted by Crippen LogP contribution is 2.31. The van der Waals surface area contributed by atoms with Crippen molar-refractivity contribution in [2.24, 2.45) is 0 Å². The summed E-state index contributed by atoms with van der Waals surface area (Å²) in [4.78, 5) is 15.4. The van der Waals surface area contributed by atoms with Crippen LogP contribution in [0.3, 0.4) is 0 Å². The molecule has 1 aromatic carbocycles. The lowest BCUT2D eigenvalue weighted by atomic mass is 9.91. The van der Waals surface area contributed by atoms with Gasteiger partial charge in [-0.1, -0.05) is 15.9 Å². The number of carbonyl (C=O) groups excluding carboxylic acids is 1. The van der Waals surface area contributed by atoms with E-state index in [1.165, 1.54) is 16.6 Å². The zero-order valence-electron chi connectivity index (χ0n) is 13.1. The first-order chi connectivity index (χ1) is 10.3. The van der Waals surface area contributed by atoms with Crippen molar-refractivity contribution in [1.29, 1.82) is 0 Å². The Kier molecular flexibility index (Phi) is 3.93. The van der Waals surface area contributed by atoms with Crippen LogP contribution in [-0.2, 0) is 17.6 Å². The summed E-state index contributed by atoms with van der Waals surface area (Å²) in [7, 11) is 0. The van der Waals surface area contributed by atoms with E-state index in [-0.39, 0.29) is 12.1 Å². The van der Waals surface area contributed by atoms with Gasteiger partial charge in [-0.15, -0.1) is 0 Å². The molecule has 0 saturated carbocycles. The summed E-state index contributed by atoms with van der Waals surface area (Å²) in [5.74, 6) is 0. The Balaban J connectivity index is 1.77. The van der Waals surface area contributed by atoms with Crippen LogP contribution in [0.25, 0.3) is 10.9 Å². The average Bonchev–Trinajstić information content (AvgIpc) is 2.74. The number of carbonyl (C=O) groups is 1. The molecule has 22 heavy (non-hydrogen) atoms. The lowest BCUT2D eigenvalue weighted by Crippen LogP contribution is -2.41. The van der Waals surface area contributed by atoms with E-state index in [9.17, 15) is 4.79 Å². The molecule has 1 amide bonds. The van der Waals surface area contributed by atoms with E-state index in [4.69, 9.17) is 4.74 Å². The molecule has 0 radical (unpaired) electrons. The third-order valence-corrected chi connectivity index (χ3v) is 4.36. The van der Waals surface area contributed by atoms with Crippen LogP contribution in [0.4, 0.5) is 4.79 Å². The molecule has 0 saturated heterocycles. The molecule has 4 nitrogen and oxygen atoms in total. The van der Waals surface area contributed by atoms with Gasteiger partial charge in [-0.3, -0.25) is 0 Å². The van der Waals surface area contributed by atoms with Gasteiger partial charge in [0.1, 0.15) is 5.60 Å². The SMILES string of the molecule is CC(C)(C)OC(=O)N[C@H]1CCc2[nH]c3ccc(Br)cc3c2C1. The second-order valence-corrected chi connectivity index (χ2v) is 7.77. The number of amides is 1. The van der Waals surface area contributed by atoms with Crippen molar-refractivity contribution in [2.45, 2.75) is 51.7 Å². The molecular formula is C17H21BrN2O2. The zero-order chi connectivity index (χ0) is 15.9. The topological polar surface area (TPSA) is 54.1 Å². The van der Waals surface area contributed by atoms with Gasteiger partial charge in [-0.05, 0) is 63.8 Å². The maximum atomic E-state index is 11.9. The third kappa shape index (κ3) is 3.29. The fraction of sp³-hybridized carbons (Fsp3) is 0.471. The minimum absolute atomic E-state index is 0.125. The Hall–Kier alpha value is -1.49. The Morgan fingerprint density at radius 1 is 1.41 bits per heavy atom. The summed E-state index contributed by atoms with van der Waals surface area (Å²) < 4.78 is 6.42. The van der Waals surface area contributed by atoms with Crippen molar-refractivity contribution in [1.82, 2.24) is 10.3 Å². The molecule has 2 N–H and O–H groups in total. The maximum absolute atomic E-state index is 11.9. The summed E-state index contributed by atoms with van der Waals surface area (Å²) in [5.41, 5.74) is 3.29. The molecule has 0 fully saturated rings. The molecule has 1 atom stereocenters. The monoisotopic (exact) mass is 364 g/mol. The van der Waals surface area contributed by atoms with Crippen LogP contribution in [0, 0.1) is 0 Å². The highest BCUT2D eigenvalue weighted by molar-refractivity contribution is 9.10. The number of aryl methyl sites for hydroxylation is 1. The lowest BCUT2D eigenvalue weighted by molar-refractivity contribution is 0.0500. The number of aromatic amines is 1. The van der Waals surface area contributed by atoms with Crippen molar-refractivity contribution in [3.63, 3.8) is 0 Å². The molecule has 1 aliphatic rings. The molecule has 1 aliphatic carbocycles. The van der Waals surface area contributed by atoms with Crippen LogP contribution in [0.5, 0.6) is 0 Å². The van der Waals surface area contributed by atoms with E-state index in [1.807, 2.05) is 26.8 Å². The van der Waals surface area contributed by atoms with Crippen molar-refractivity contribution in [2.75, 3.05) is 0 Å². The number of alkyl carbamates (subject to hydrolysis) is 1. The minimum atomic E-state index is -0.463. The number of hydrogen-bond acceptors (Lipinski definition) is 2. The first-order valence-electron chi connectivity index (χ1n) is 7.60. The number of rotatable bonds is 1. The fourth-order valence-electron chi connectivity index (χ4n) is 2.99. The number of H-pyrrole nitrogens is 1. The van der Waals surface area contributed by atoms with Gasteiger partial charge in [0.2, 0.25) is 0 Å². The molecule has 3 rings (SSSR count). The average molecular weight is 365 g/mol. The number of ether oxygens (including phenoxy) is 1. The van der Waals surface area contributed by atoms with E-state index in [2.05, 4.69) is 38.4 Å². The molecule has 0 unspecified atom stereocenters. The van der Waals surface area contributed by atoms with Crippen molar-refractivity contribution >= 4 is 32.9 Å². The molecule has 0 bridgehead atoms. The van der Waals surface area contributed by atoms with E-state index in [1.54, 1.807) is 0 Å². The molecule has 1 aromatic heterocycles. The Morgan fingerprint density at radius 3 is 2.91 bits per heavy atom. The Labute approximate surface area is 138 Å². The van der Waals surface area contributed by atoms with Crippen LogP contribution in [0.2, 0.25) is 0 Å². The summed E-state index contributed by atoms with van der Waals surface area (Å²) in [5, 5.41) is 4.23. The first kappa shape index (κ1) is 15.4. The first-order valence-corrected chi connectivity index (χ1v) is 8.39. The number of benzene rings is 1. The quantitative estimate of drug-likeness (QED) is 0.791. The van der Waals surface area contributed by atoms with Gasteiger partial charge in [-0.2, -0.15) is 0 Å². The van der Waals surface area contributed by atoms with Gasteiger partial charge >= 0.3 is 6.09 Å². The number of nitrogens with one attached hydrogen (secondary N) is 2. The molecule has 118 valence electrons. The predicted molar refractivity (Wildman–Crippen MR) is 91.2 cm³/mol. The zero-order valence-corrected chi connectivity index (χ0v) is 14.7. The minimum Gasteiger partial charge on any atom is -0.444 e. The van der Waals surface area contributed by atoms with E-state index < -0.39 is 5.60 Å². The van der Waals surface area contributed by atoms with Gasteiger partial charge in [0, 0.05) is 27.1 Å². The van der Waals surface area contributed by atoms with Gasteiger partial charge in [0.15, 0.2) is 0 Å². The molecule has 2 aromatic rings. The smallest absolute Gasteiger partial charge is 0.407 e.